The molecule has 17 heavy (non-hydrogen) atoms. The van der Waals surface area contributed by atoms with Gasteiger partial charge in [-0.2, -0.15) is 0 Å². The van der Waals surface area contributed by atoms with Gasteiger partial charge < -0.3 is 14.5 Å². The highest BCUT2D eigenvalue weighted by Gasteiger charge is 2.16. The maximum atomic E-state index is 11.6. The molecular formula is C13H13NO3. The van der Waals surface area contributed by atoms with Crippen molar-refractivity contribution in [3.63, 3.8) is 0 Å². The van der Waals surface area contributed by atoms with E-state index in [1.165, 1.54) is 7.11 Å². The minimum Gasteiger partial charge on any atom is -0.496 e. The molecule has 0 atom stereocenters. The summed E-state index contributed by atoms with van der Waals surface area (Å²) in [6.45, 7) is 0. The molecule has 0 bridgehead atoms. The normalized spacial score (nSPS) is 10.0. The van der Waals surface area contributed by atoms with Crippen molar-refractivity contribution >= 4 is 5.97 Å². The van der Waals surface area contributed by atoms with Gasteiger partial charge in [-0.15, -0.1) is 0 Å². The number of aromatic amines is 1. The second-order valence-corrected chi connectivity index (χ2v) is 3.46. The molecule has 0 amide bonds. The molecule has 2 aromatic rings. The van der Waals surface area contributed by atoms with E-state index < -0.39 is 0 Å². The highest BCUT2D eigenvalue weighted by molar-refractivity contribution is 5.97. The summed E-state index contributed by atoms with van der Waals surface area (Å²) in [7, 11) is 2.96. The Bertz CT molecular complexity index is 531. The lowest BCUT2D eigenvalue weighted by Crippen LogP contribution is -2.02. The maximum Gasteiger partial charge on any atom is 0.340 e. The van der Waals surface area contributed by atoms with Crippen molar-refractivity contribution in [2.75, 3.05) is 14.2 Å². The Kier molecular flexibility index (Phi) is 3.14. The van der Waals surface area contributed by atoms with E-state index in [0.29, 0.717) is 17.0 Å². The van der Waals surface area contributed by atoms with E-state index in [1.54, 1.807) is 19.4 Å². The van der Waals surface area contributed by atoms with E-state index >= 15 is 0 Å². The van der Waals surface area contributed by atoms with Gasteiger partial charge in [0, 0.05) is 11.8 Å². The van der Waals surface area contributed by atoms with Crippen LogP contribution in [0.2, 0.25) is 0 Å². The van der Waals surface area contributed by atoms with Crippen molar-refractivity contribution < 1.29 is 14.3 Å². The van der Waals surface area contributed by atoms with Crippen molar-refractivity contribution in [2.24, 2.45) is 0 Å². The summed E-state index contributed by atoms with van der Waals surface area (Å²) in [6, 6.07) is 9.19. The molecule has 1 heterocycles. The first-order valence-electron chi connectivity index (χ1n) is 5.17. The second-order valence-electron chi connectivity index (χ2n) is 3.46. The lowest BCUT2D eigenvalue weighted by Gasteiger charge is -2.08. The van der Waals surface area contributed by atoms with Crippen molar-refractivity contribution in [3.8, 4) is 17.0 Å². The number of H-pyrrole nitrogens is 1. The molecular weight excluding hydrogens is 218 g/mol. The number of carbonyl (C=O) groups excluding carboxylic acids is 1. The summed E-state index contributed by atoms with van der Waals surface area (Å²) < 4.78 is 10.00. The molecule has 0 saturated heterocycles. The smallest absolute Gasteiger partial charge is 0.340 e. The minimum absolute atomic E-state index is 0.368. The van der Waals surface area contributed by atoms with Gasteiger partial charge in [-0.3, -0.25) is 0 Å². The standard InChI is InChI=1S/C13H13NO3/c1-16-11-6-4-3-5-9(11)12-10(7-8-14-12)13(15)17-2/h3-8,14H,1-2H3. The van der Waals surface area contributed by atoms with Crippen LogP contribution >= 0.6 is 0 Å². The van der Waals surface area contributed by atoms with Crippen LogP contribution in [-0.4, -0.2) is 25.2 Å². The van der Waals surface area contributed by atoms with Crippen LogP contribution < -0.4 is 4.74 Å². The lowest BCUT2D eigenvalue weighted by atomic mass is 10.1. The molecule has 2 rings (SSSR count). The molecule has 0 aliphatic heterocycles. The van der Waals surface area contributed by atoms with Crippen LogP contribution in [0.5, 0.6) is 5.75 Å². The third-order valence-corrected chi connectivity index (χ3v) is 2.53. The largest absolute Gasteiger partial charge is 0.496 e. The van der Waals surface area contributed by atoms with Gasteiger partial charge >= 0.3 is 5.97 Å². The first-order valence-corrected chi connectivity index (χ1v) is 5.17. The molecule has 0 aliphatic rings. The van der Waals surface area contributed by atoms with Crippen molar-refractivity contribution in [1.82, 2.24) is 4.98 Å². The van der Waals surface area contributed by atoms with Crippen LogP contribution in [0.15, 0.2) is 36.5 Å². The molecule has 0 fully saturated rings. The van der Waals surface area contributed by atoms with Gasteiger partial charge in [0.15, 0.2) is 0 Å². The zero-order valence-electron chi connectivity index (χ0n) is 9.69. The van der Waals surface area contributed by atoms with Gasteiger partial charge in [0.1, 0.15) is 5.75 Å². The first-order chi connectivity index (χ1) is 8.27. The molecule has 1 aromatic heterocycles. The fourth-order valence-electron chi connectivity index (χ4n) is 1.72. The summed E-state index contributed by atoms with van der Waals surface area (Å²) in [4.78, 5) is 14.6. The average molecular weight is 231 g/mol. The first kappa shape index (κ1) is 11.3. The molecule has 4 nitrogen and oxygen atoms in total. The molecule has 0 radical (unpaired) electrons. The quantitative estimate of drug-likeness (QED) is 0.825. The summed E-state index contributed by atoms with van der Waals surface area (Å²) >= 11 is 0. The van der Waals surface area contributed by atoms with Crippen LogP contribution in [0.25, 0.3) is 11.3 Å². The van der Waals surface area contributed by atoms with Crippen molar-refractivity contribution in [1.29, 1.82) is 0 Å². The average Bonchev–Trinajstić information content (AvgIpc) is 2.86. The summed E-state index contributed by atoms with van der Waals surface area (Å²) in [5.74, 6) is 0.340. The van der Waals surface area contributed by atoms with Crippen LogP contribution in [0, 0.1) is 0 Å². The molecule has 0 saturated carbocycles. The number of ether oxygens (including phenoxy) is 2. The van der Waals surface area contributed by atoms with Gasteiger partial charge in [0.2, 0.25) is 0 Å². The zero-order valence-corrected chi connectivity index (χ0v) is 9.69. The number of methoxy groups -OCH3 is 2. The highest BCUT2D eigenvalue weighted by Crippen LogP contribution is 2.31. The van der Waals surface area contributed by atoms with E-state index in [2.05, 4.69) is 4.98 Å². The Hall–Kier alpha value is -2.23. The molecule has 0 aliphatic carbocycles. The number of nitrogens with one attached hydrogen (secondary N) is 1. The van der Waals surface area contributed by atoms with Crippen LogP contribution in [-0.2, 0) is 4.74 Å². The second kappa shape index (κ2) is 4.74. The molecule has 0 spiro atoms. The summed E-state index contributed by atoms with van der Waals surface area (Å²) in [6.07, 6.45) is 1.70. The van der Waals surface area contributed by atoms with Crippen LogP contribution in [0.3, 0.4) is 0 Å². The number of hydrogen-bond donors (Lipinski definition) is 1. The van der Waals surface area contributed by atoms with E-state index in [1.807, 2.05) is 24.3 Å². The maximum absolute atomic E-state index is 11.6. The van der Waals surface area contributed by atoms with Crippen LogP contribution in [0.4, 0.5) is 0 Å². The molecule has 1 aromatic carbocycles. The highest BCUT2D eigenvalue weighted by atomic mass is 16.5. The van der Waals surface area contributed by atoms with Crippen molar-refractivity contribution in [3.05, 3.63) is 42.1 Å². The minimum atomic E-state index is -0.368. The Balaban J connectivity index is 2.53. The van der Waals surface area contributed by atoms with E-state index in [0.717, 1.165) is 5.56 Å². The van der Waals surface area contributed by atoms with Crippen LogP contribution in [0.1, 0.15) is 10.4 Å². The Morgan fingerprint density at radius 1 is 1.18 bits per heavy atom. The number of rotatable bonds is 3. The van der Waals surface area contributed by atoms with Gasteiger partial charge in [-0.05, 0) is 18.2 Å². The third kappa shape index (κ3) is 2.01. The number of aromatic nitrogens is 1. The Labute approximate surface area is 99.2 Å². The number of para-hydroxylation sites is 1. The van der Waals surface area contributed by atoms with Gasteiger partial charge in [-0.25, -0.2) is 4.79 Å². The Morgan fingerprint density at radius 2 is 1.94 bits per heavy atom. The van der Waals surface area contributed by atoms with E-state index in [4.69, 9.17) is 9.47 Å². The fourth-order valence-corrected chi connectivity index (χ4v) is 1.72. The van der Waals surface area contributed by atoms with E-state index in [-0.39, 0.29) is 5.97 Å². The SMILES string of the molecule is COC(=O)c1cc[nH]c1-c1ccccc1OC. The molecule has 88 valence electrons. The molecule has 4 heteroatoms. The lowest BCUT2D eigenvalue weighted by molar-refractivity contribution is 0.0602. The number of carbonyl (C=O) groups is 1. The Morgan fingerprint density at radius 3 is 2.65 bits per heavy atom. The monoisotopic (exact) mass is 231 g/mol. The number of hydrogen-bond acceptors (Lipinski definition) is 3. The topological polar surface area (TPSA) is 51.3 Å². The summed E-state index contributed by atoms with van der Waals surface area (Å²) in [5, 5.41) is 0. The molecule has 0 unspecified atom stereocenters. The number of esters is 1. The van der Waals surface area contributed by atoms with E-state index in [9.17, 15) is 4.79 Å². The van der Waals surface area contributed by atoms with Gasteiger partial charge in [0.25, 0.3) is 0 Å². The predicted octanol–water partition coefficient (Wildman–Crippen LogP) is 2.48. The predicted molar refractivity (Wildman–Crippen MR) is 64.1 cm³/mol. The number of benzene rings is 1. The summed E-state index contributed by atoms with van der Waals surface area (Å²) in [5.41, 5.74) is 2.03. The fraction of sp³-hybridized carbons (Fsp3) is 0.154. The van der Waals surface area contributed by atoms with Crippen molar-refractivity contribution in [2.45, 2.75) is 0 Å². The molecule has 1 N–H and O–H groups in total. The zero-order chi connectivity index (χ0) is 12.3. The van der Waals surface area contributed by atoms with Gasteiger partial charge in [-0.1, -0.05) is 12.1 Å². The third-order valence-electron chi connectivity index (χ3n) is 2.53. The van der Waals surface area contributed by atoms with Gasteiger partial charge in [0.05, 0.1) is 25.5 Å².